The molecule has 1 fully saturated rings. The molecule has 138 valence electrons. The van der Waals surface area contributed by atoms with E-state index >= 15 is 0 Å². The van der Waals surface area contributed by atoms with Gasteiger partial charge in [0.25, 0.3) is 0 Å². The summed E-state index contributed by atoms with van der Waals surface area (Å²) in [6.45, 7) is 1.71. The first kappa shape index (κ1) is 17.0. The Balaban J connectivity index is 1.22. The monoisotopic (exact) mass is 375 g/mol. The van der Waals surface area contributed by atoms with Crippen molar-refractivity contribution in [2.75, 3.05) is 31.4 Å². The van der Waals surface area contributed by atoms with Crippen molar-refractivity contribution in [3.63, 3.8) is 0 Å². The van der Waals surface area contributed by atoms with Crippen LogP contribution in [0.4, 0.5) is 0 Å². The van der Waals surface area contributed by atoms with E-state index in [0.717, 1.165) is 42.1 Å². The van der Waals surface area contributed by atoms with E-state index in [4.69, 9.17) is 15.3 Å². The Bertz CT molecular complexity index is 806. The minimum Gasteiger partial charge on any atom is -0.486 e. The molecule has 2 aliphatic rings. The standard InChI is InChI=1S/C17H21N5O3S/c18-22-16(12-2-3-12)20-21-17(22)26-10-15(23)19-6-5-11-1-4-13-14(9-11)25-8-7-24-13/h1,4,9,12H,2-3,5-8,10,18H2,(H,19,23). The van der Waals surface area contributed by atoms with Crippen LogP contribution < -0.4 is 20.6 Å². The smallest absolute Gasteiger partial charge is 0.230 e. The van der Waals surface area contributed by atoms with Gasteiger partial charge < -0.3 is 20.6 Å². The van der Waals surface area contributed by atoms with Crippen LogP contribution in [0.25, 0.3) is 0 Å². The molecular formula is C17H21N5O3S. The van der Waals surface area contributed by atoms with Gasteiger partial charge in [0.1, 0.15) is 13.2 Å². The van der Waals surface area contributed by atoms with Crippen LogP contribution in [0.1, 0.15) is 30.1 Å². The van der Waals surface area contributed by atoms with Crippen molar-refractivity contribution in [3.8, 4) is 11.5 Å². The van der Waals surface area contributed by atoms with Crippen LogP contribution >= 0.6 is 11.8 Å². The maximum Gasteiger partial charge on any atom is 0.230 e. The van der Waals surface area contributed by atoms with E-state index in [0.29, 0.717) is 30.8 Å². The Kier molecular flexibility index (Phi) is 4.87. The molecule has 1 amide bonds. The molecule has 2 aromatic rings. The van der Waals surface area contributed by atoms with Crippen molar-refractivity contribution in [1.29, 1.82) is 0 Å². The van der Waals surface area contributed by atoms with Crippen molar-refractivity contribution < 1.29 is 14.3 Å². The highest BCUT2D eigenvalue weighted by molar-refractivity contribution is 7.99. The second kappa shape index (κ2) is 7.45. The number of aromatic nitrogens is 3. The Labute approximate surface area is 155 Å². The summed E-state index contributed by atoms with van der Waals surface area (Å²) < 4.78 is 12.6. The number of hydrogen-bond acceptors (Lipinski definition) is 7. The van der Waals surface area contributed by atoms with E-state index in [2.05, 4.69) is 15.5 Å². The second-order valence-electron chi connectivity index (χ2n) is 6.35. The minimum atomic E-state index is -0.0523. The number of carbonyl (C=O) groups is 1. The van der Waals surface area contributed by atoms with Crippen LogP contribution in [0.3, 0.4) is 0 Å². The number of rotatable bonds is 7. The van der Waals surface area contributed by atoms with Gasteiger partial charge in [0.2, 0.25) is 11.1 Å². The Morgan fingerprint density at radius 3 is 2.88 bits per heavy atom. The second-order valence-corrected chi connectivity index (χ2v) is 7.29. The average Bonchev–Trinajstić information content (AvgIpc) is 3.43. The number of nitrogens with two attached hydrogens (primary N) is 1. The van der Waals surface area contributed by atoms with Crippen LogP contribution in [0.5, 0.6) is 11.5 Å². The number of carbonyl (C=O) groups excluding carboxylic acids is 1. The molecule has 0 spiro atoms. The van der Waals surface area contributed by atoms with E-state index in [1.54, 1.807) is 0 Å². The van der Waals surface area contributed by atoms with E-state index in [1.165, 1.54) is 16.4 Å². The van der Waals surface area contributed by atoms with Gasteiger partial charge in [-0.2, -0.15) is 0 Å². The predicted octanol–water partition coefficient (Wildman–Crippen LogP) is 1.09. The summed E-state index contributed by atoms with van der Waals surface area (Å²) in [5.41, 5.74) is 1.10. The van der Waals surface area contributed by atoms with Gasteiger partial charge in [-0.3, -0.25) is 4.79 Å². The molecule has 0 atom stereocenters. The molecule has 3 N–H and O–H groups in total. The van der Waals surface area contributed by atoms with Gasteiger partial charge in [0.15, 0.2) is 17.3 Å². The molecule has 0 bridgehead atoms. The third kappa shape index (κ3) is 3.87. The van der Waals surface area contributed by atoms with Crippen LogP contribution in [0.15, 0.2) is 23.4 Å². The van der Waals surface area contributed by atoms with Gasteiger partial charge in [-0.15, -0.1) is 10.2 Å². The molecule has 1 aromatic heterocycles. The fourth-order valence-electron chi connectivity index (χ4n) is 2.78. The van der Waals surface area contributed by atoms with E-state index in [1.807, 2.05) is 18.2 Å². The van der Waals surface area contributed by atoms with E-state index in [9.17, 15) is 4.79 Å². The number of thioether (sulfide) groups is 1. The largest absolute Gasteiger partial charge is 0.486 e. The molecule has 1 saturated carbocycles. The van der Waals surface area contributed by atoms with Crippen molar-refractivity contribution >= 4 is 17.7 Å². The molecule has 1 aliphatic heterocycles. The quantitative estimate of drug-likeness (QED) is 0.551. The summed E-state index contributed by atoms with van der Waals surface area (Å²) in [5, 5.41) is 11.7. The van der Waals surface area contributed by atoms with Crippen molar-refractivity contribution in [2.24, 2.45) is 0 Å². The SMILES string of the molecule is Nn1c(SCC(=O)NCCc2ccc3c(c2)OCCO3)nnc1C1CC1. The van der Waals surface area contributed by atoms with Gasteiger partial charge in [0.05, 0.1) is 5.75 Å². The number of hydrogen-bond donors (Lipinski definition) is 2. The van der Waals surface area contributed by atoms with Crippen molar-refractivity contribution in [1.82, 2.24) is 20.2 Å². The highest BCUT2D eigenvalue weighted by Gasteiger charge is 2.30. The number of fused-ring (bicyclic) bond motifs is 1. The predicted molar refractivity (Wildman–Crippen MR) is 97.0 cm³/mol. The summed E-state index contributed by atoms with van der Waals surface area (Å²) in [5.74, 6) is 8.98. The van der Waals surface area contributed by atoms with Gasteiger partial charge in [-0.05, 0) is 37.0 Å². The number of nitrogens with zero attached hydrogens (tertiary/aromatic N) is 3. The highest BCUT2D eigenvalue weighted by Crippen LogP contribution is 2.39. The molecule has 26 heavy (non-hydrogen) atoms. The number of nitrogens with one attached hydrogen (secondary N) is 1. The molecule has 1 aliphatic carbocycles. The van der Waals surface area contributed by atoms with Crippen LogP contribution in [-0.4, -0.2) is 46.3 Å². The Morgan fingerprint density at radius 1 is 1.27 bits per heavy atom. The number of amides is 1. The van der Waals surface area contributed by atoms with Crippen molar-refractivity contribution in [2.45, 2.75) is 30.3 Å². The van der Waals surface area contributed by atoms with Gasteiger partial charge in [-0.1, -0.05) is 17.8 Å². The van der Waals surface area contributed by atoms with Crippen LogP contribution in [0, 0.1) is 0 Å². The zero-order chi connectivity index (χ0) is 17.9. The average molecular weight is 375 g/mol. The lowest BCUT2D eigenvalue weighted by Gasteiger charge is -2.18. The fraction of sp³-hybridized carbons (Fsp3) is 0.471. The third-order valence-corrected chi connectivity index (χ3v) is 5.25. The lowest BCUT2D eigenvalue weighted by Crippen LogP contribution is -2.27. The first-order valence-electron chi connectivity index (χ1n) is 8.69. The molecule has 0 unspecified atom stereocenters. The Hall–Kier alpha value is -2.42. The maximum absolute atomic E-state index is 12.0. The normalized spacial score (nSPS) is 15.7. The summed E-state index contributed by atoms with van der Waals surface area (Å²) in [7, 11) is 0. The number of ether oxygens (including phenoxy) is 2. The molecule has 8 nitrogen and oxygen atoms in total. The van der Waals surface area contributed by atoms with Crippen LogP contribution in [-0.2, 0) is 11.2 Å². The topological polar surface area (TPSA) is 104 Å². The van der Waals surface area contributed by atoms with E-state index < -0.39 is 0 Å². The molecule has 4 rings (SSSR count). The highest BCUT2D eigenvalue weighted by atomic mass is 32.2. The lowest BCUT2D eigenvalue weighted by molar-refractivity contribution is -0.118. The summed E-state index contributed by atoms with van der Waals surface area (Å²) >= 11 is 1.30. The molecule has 9 heteroatoms. The first-order chi connectivity index (χ1) is 12.7. The molecule has 0 saturated heterocycles. The molecule has 1 aromatic carbocycles. The molecular weight excluding hydrogens is 354 g/mol. The maximum atomic E-state index is 12.0. The number of benzene rings is 1. The van der Waals surface area contributed by atoms with Crippen LogP contribution in [0.2, 0.25) is 0 Å². The first-order valence-corrected chi connectivity index (χ1v) is 9.67. The Morgan fingerprint density at radius 2 is 2.08 bits per heavy atom. The van der Waals surface area contributed by atoms with Gasteiger partial charge >= 0.3 is 0 Å². The van der Waals surface area contributed by atoms with Crippen molar-refractivity contribution in [3.05, 3.63) is 29.6 Å². The summed E-state index contributed by atoms with van der Waals surface area (Å²) in [6.07, 6.45) is 2.95. The third-order valence-electron chi connectivity index (χ3n) is 4.31. The van der Waals surface area contributed by atoms with E-state index in [-0.39, 0.29) is 11.7 Å². The summed E-state index contributed by atoms with van der Waals surface area (Å²) in [6, 6.07) is 5.86. The minimum absolute atomic E-state index is 0.0523. The fourth-order valence-corrected chi connectivity index (χ4v) is 3.47. The zero-order valence-corrected chi connectivity index (χ0v) is 15.1. The zero-order valence-electron chi connectivity index (χ0n) is 14.3. The summed E-state index contributed by atoms with van der Waals surface area (Å²) in [4.78, 5) is 12.0. The van der Waals surface area contributed by atoms with Gasteiger partial charge in [-0.25, -0.2) is 4.68 Å². The molecule has 2 heterocycles. The van der Waals surface area contributed by atoms with Gasteiger partial charge in [0, 0.05) is 12.5 Å². The number of nitrogen functional groups attached to an aromatic ring is 1. The molecule has 0 radical (unpaired) electrons. The lowest BCUT2D eigenvalue weighted by atomic mass is 10.1.